The van der Waals surface area contributed by atoms with Gasteiger partial charge in [0.25, 0.3) is 0 Å². The van der Waals surface area contributed by atoms with Crippen LogP contribution in [0.15, 0.2) is 41.8 Å². The van der Waals surface area contributed by atoms with Crippen LogP contribution in [0.5, 0.6) is 0 Å². The summed E-state index contributed by atoms with van der Waals surface area (Å²) in [6.45, 7) is 0.534. The van der Waals surface area contributed by atoms with E-state index in [1.807, 2.05) is 30.3 Å². The van der Waals surface area contributed by atoms with Crippen molar-refractivity contribution in [2.45, 2.75) is 6.61 Å². The summed E-state index contributed by atoms with van der Waals surface area (Å²) in [6.07, 6.45) is 2.95. The van der Waals surface area contributed by atoms with Crippen molar-refractivity contribution in [2.24, 2.45) is 0 Å². The maximum atomic E-state index is 11.5. The number of aromatic nitrogens is 1. The SMILES string of the molecule is COC(=O)c1csc(C=CCNC(=O)OCc2ccccc2)n1. The summed E-state index contributed by atoms with van der Waals surface area (Å²) in [7, 11) is 1.31. The standard InChI is InChI=1S/C16H16N2O4S/c1-21-15(19)13-11-23-14(18-13)8-5-9-17-16(20)22-10-12-6-3-2-4-7-12/h2-8,11H,9-10H2,1H3,(H,17,20). The Bertz CT molecular complexity index is 682. The van der Waals surface area contributed by atoms with Crippen molar-refractivity contribution in [1.82, 2.24) is 10.3 Å². The Morgan fingerprint density at radius 1 is 1.30 bits per heavy atom. The van der Waals surface area contributed by atoms with Gasteiger partial charge in [0.1, 0.15) is 11.6 Å². The predicted octanol–water partition coefficient (Wildman–Crippen LogP) is 2.87. The Hall–Kier alpha value is -2.67. The summed E-state index contributed by atoms with van der Waals surface area (Å²) in [4.78, 5) is 26.9. The van der Waals surface area contributed by atoms with E-state index in [4.69, 9.17) is 4.74 Å². The van der Waals surface area contributed by atoms with Crippen LogP contribution in [0.2, 0.25) is 0 Å². The van der Waals surface area contributed by atoms with Gasteiger partial charge in [-0.3, -0.25) is 0 Å². The zero-order chi connectivity index (χ0) is 16.5. The second-order valence-corrected chi connectivity index (χ2v) is 5.30. The molecule has 0 saturated carbocycles. The summed E-state index contributed by atoms with van der Waals surface area (Å²) in [5.41, 5.74) is 1.20. The number of methoxy groups -OCH3 is 1. The van der Waals surface area contributed by atoms with Gasteiger partial charge >= 0.3 is 12.1 Å². The van der Waals surface area contributed by atoms with Crippen LogP contribution in [0.4, 0.5) is 4.79 Å². The second kappa shape index (κ2) is 8.70. The van der Waals surface area contributed by atoms with E-state index < -0.39 is 12.1 Å². The molecular weight excluding hydrogens is 316 g/mol. The van der Waals surface area contributed by atoms with Crippen molar-refractivity contribution < 1.29 is 19.1 Å². The summed E-state index contributed by atoms with van der Waals surface area (Å²) in [5.74, 6) is -0.469. The van der Waals surface area contributed by atoms with Gasteiger partial charge in [-0.05, 0) is 11.6 Å². The van der Waals surface area contributed by atoms with Gasteiger partial charge in [-0.2, -0.15) is 0 Å². The molecule has 0 spiro atoms. The van der Waals surface area contributed by atoms with Gasteiger partial charge in [0.05, 0.1) is 7.11 Å². The molecular formula is C16H16N2O4S. The normalized spacial score (nSPS) is 10.5. The maximum Gasteiger partial charge on any atom is 0.407 e. The third kappa shape index (κ3) is 5.55. The second-order valence-electron chi connectivity index (χ2n) is 4.41. The van der Waals surface area contributed by atoms with E-state index in [-0.39, 0.29) is 12.3 Å². The van der Waals surface area contributed by atoms with Crippen LogP contribution in [0.1, 0.15) is 21.1 Å². The molecule has 0 saturated heterocycles. The van der Waals surface area contributed by atoms with Gasteiger partial charge in [-0.15, -0.1) is 11.3 Å². The van der Waals surface area contributed by atoms with Crippen molar-refractivity contribution in [3.05, 3.63) is 58.1 Å². The summed E-state index contributed by atoms with van der Waals surface area (Å²) in [5, 5.41) is 4.88. The number of benzene rings is 1. The van der Waals surface area contributed by atoms with Crippen LogP contribution in [0.25, 0.3) is 6.08 Å². The smallest absolute Gasteiger partial charge is 0.407 e. The topological polar surface area (TPSA) is 77.5 Å². The third-order valence-electron chi connectivity index (χ3n) is 2.75. The number of hydrogen-bond donors (Lipinski definition) is 1. The Balaban J connectivity index is 1.70. The minimum atomic E-state index is -0.493. The van der Waals surface area contributed by atoms with Crippen molar-refractivity contribution in [1.29, 1.82) is 0 Å². The molecule has 0 aliphatic rings. The lowest BCUT2D eigenvalue weighted by Crippen LogP contribution is -2.24. The van der Waals surface area contributed by atoms with Gasteiger partial charge in [0.2, 0.25) is 0 Å². The molecule has 0 aliphatic heterocycles. The number of amides is 1. The molecule has 1 heterocycles. The lowest BCUT2D eigenvalue weighted by molar-refractivity contribution is 0.0595. The van der Waals surface area contributed by atoms with Crippen LogP contribution >= 0.6 is 11.3 Å². The molecule has 1 aromatic heterocycles. The van der Waals surface area contributed by atoms with Crippen LogP contribution in [0, 0.1) is 0 Å². The summed E-state index contributed by atoms with van der Waals surface area (Å²) in [6, 6.07) is 9.44. The van der Waals surface area contributed by atoms with Crippen molar-refractivity contribution in [3.8, 4) is 0 Å². The van der Waals surface area contributed by atoms with Gasteiger partial charge in [-0.1, -0.05) is 36.4 Å². The fourth-order valence-corrected chi connectivity index (χ4v) is 2.35. The average Bonchev–Trinajstić information content (AvgIpc) is 3.06. The monoisotopic (exact) mass is 332 g/mol. The Kier molecular flexibility index (Phi) is 6.31. The zero-order valence-electron chi connectivity index (χ0n) is 12.5. The molecule has 1 aromatic carbocycles. The Morgan fingerprint density at radius 3 is 2.83 bits per heavy atom. The highest BCUT2D eigenvalue weighted by Gasteiger charge is 2.08. The van der Waals surface area contributed by atoms with Crippen LogP contribution < -0.4 is 5.32 Å². The van der Waals surface area contributed by atoms with E-state index in [9.17, 15) is 9.59 Å². The molecule has 1 N–H and O–H groups in total. The first-order chi connectivity index (χ1) is 11.2. The van der Waals surface area contributed by atoms with E-state index in [0.717, 1.165) is 5.56 Å². The molecule has 7 heteroatoms. The lowest BCUT2D eigenvalue weighted by Gasteiger charge is -2.04. The Labute approximate surface area is 137 Å². The van der Waals surface area contributed by atoms with Gasteiger partial charge in [-0.25, -0.2) is 14.6 Å². The molecule has 6 nitrogen and oxygen atoms in total. The predicted molar refractivity (Wildman–Crippen MR) is 87.1 cm³/mol. The van der Waals surface area contributed by atoms with Crippen molar-refractivity contribution in [2.75, 3.05) is 13.7 Å². The molecule has 2 rings (SSSR count). The van der Waals surface area contributed by atoms with Crippen LogP contribution in [0.3, 0.4) is 0 Å². The van der Waals surface area contributed by atoms with Gasteiger partial charge in [0.15, 0.2) is 5.69 Å². The minimum Gasteiger partial charge on any atom is -0.464 e. The highest BCUT2D eigenvalue weighted by molar-refractivity contribution is 7.10. The maximum absolute atomic E-state index is 11.5. The molecule has 23 heavy (non-hydrogen) atoms. The number of carbonyl (C=O) groups excluding carboxylic acids is 2. The summed E-state index contributed by atoms with van der Waals surface area (Å²) < 4.78 is 9.65. The number of nitrogens with one attached hydrogen (secondary N) is 1. The largest absolute Gasteiger partial charge is 0.464 e. The number of esters is 1. The summed E-state index contributed by atoms with van der Waals surface area (Å²) >= 11 is 1.32. The van der Waals surface area contributed by atoms with E-state index >= 15 is 0 Å². The number of nitrogens with zero attached hydrogens (tertiary/aromatic N) is 1. The van der Waals surface area contributed by atoms with Crippen LogP contribution in [-0.2, 0) is 16.1 Å². The van der Waals surface area contributed by atoms with E-state index in [1.165, 1.54) is 18.4 Å². The third-order valence-corrected chi connectivity index (χ3v) is 3.56. The van der Waals surface area contributed by atoms with Crippen molar-refractivity contribution in [3.63, 3.8) is 0 Å². The zero-order valence-corrected chi connectivity index (χ0v) is 13.3. The van der Waals surface area contributed by atoms with E-state index in [2.05, 4.69) is 15.0 Å². The molecule has 0 fully saturated rings. The first-order valence-electron chi connectivity index (χ1n) is 6.84. The molecule has 120 valence electrons. The number of alkyl carbamates (subject to hydrolysis) is 1. The molecule has 1 amide bonds. The van der Waals surface area contributed by atoms with Gasteiger partial charge < -0.3 is 14.8 Å². The number of hydrogen-bond acceptors (Lipinski definition) is 6. The lowest BCUT2D eigenvalue weighted by atomic mass is 10.2. The molecule has 0 aliphatic carbocycles. The van der Waals surface area contributed by atoms with Gasteiger partial charge in [0, 0.05) is 11.9 Å². The first-order valence-corrected chi connectivity index (χ1v) is 7.72. The highest BCUT2D eigenvalue weighted by Crippen LogP contribution is 2.12. The number of carbonyl (C=O) groups is 2. The first kappa shape index (κ1) is 16.7. The van der Waals surface area contributed by atoms with Crippen LogP contribution in [-0.4, -0.2) is 30.7 Å². The average molecular weight is 332 g/mol. The van der Waals surface area contributed by atoms with Crippen molar-refractivity contribution >= 4 is 29.5 Å². The number of rotatable bonds is 6. The molecule has 0 unspecified atom stereocenters. The highest BCUT2D eigenvalue weighted by atomic mass is 32.1. The molecule has 0 radical (unpaired) electrons. The number of ether oxygens (including phenoxy) is 2. The Morgan fingerprint density at radius 2 is 2.09 bits per heavy atom. The fourth-order valence-electron chi connectivity index (χ4n) is 1.64. The fraction of sp³-hybridized carbons (Fsp3) is 0.188. The quantitative estimate of drug-likeness (QED) is 0.823. The van der Waals surface area contributed by atoms with E-state index in [1.54, 1.807) is 17.5 Å². The molecule has 2 aromatic rings. The minimum absolute atomic E-state index is 0.228. The molecule has 0 bridgehead atoms. The van der Waals surface area contributed by atoms with E-state index in [0.29, 0.717) is 11.6 Å². The molecule has 0 atom stereocenters. The number of thiazole rings is 1.